The maximum absolute atomic E-state index is 9.05. The minimum Gasteiger partial charge on any atom is -0.396 e. The standard InChI is InChI=1S/C14H23NO/c1-3-13(11-16)10-15-9-8-14-7-5-4-6-12(14)2/h4-7,13,15-16H,3,8-11H2,1-2H3. The van der Waals surface area contributed by atoms with Crippen LogP contribution < -0.4 is 5.32 Å². The van der Waals surface area contributed by atoms with E-state index < -0.39 is 0 Å². The first-order chi connectivity index (χ1) is 7.77. The Bertz CT molecular complexity index is 295. The zero-order chi connectivity index (χ0) is 11.8. The number of benzene rings is 1. The van der Waals surface area contributed by atoms with Crippen molar-refractivity contribution in [3.8, 4) is 0 Å². The Labute approximate surface area is 98.7 Å². The summed E-state index contributed by atoms with van der Waals surface area (Å²) >= 11 is 0. The normalized spacial score (nSPS) is 12.7. The van der Waals surface area contributed by atoms with E-state index in [1.807, 2.05) is 0 Å². The van der Waals surface area contributed by atoms with Gasteiger partial charge in [-0.25, -0.2) is 0 Å². The van der Waals surface area contributed by atoms with Gasteiger partial charge in [-0.3, -0.25) is 0 Å². The van der Waals surface area contributed by atoms with Crippen molar-refractivity contribution >= 4 is 0 Å². The van der Waals surface area contributed by atoms with Crippen LogP contribution in [-0.4, -0.2) is 24.8 Å². The number of aliphatic hydroxyl groups excluding tert-OH is 1. The zero-order valence-electron chi connectivity index (χ0n) is 10.4. The monoisotopic (exact) mass is 221 g/mol. The van der Waals surface area contributed by atoms with Crippen molar-refractivity contribution in [2.45, 2.75) is 26.7 Å². The van der Waals surface area contributed by atoms with E-state index in [0.29, 0.717) is 5.92 Å². The molecule has 0 spiro atoms. The van der Waals surface area contributed by atoms with Gasteiger partial charge < -0.3 is 10.4 Å². The molecule has 90 valence electrons. The first-order valence-electron chi connectivity index (χ1n) is 6.14. The molecular weight excluding hydrogens is 198 g/mol. The molecule has 1 atom stereocenters. The Balaban J connectivity index is 2.23. The van der Waals surface area contributed by atoms with Gasteiger partial charge in [-0.2, -0.15) is 0 Å². The fraction of sp³-hybridized carbons (Fsp3) is 0.571. The summed E-state index contributed by atoms with van der Waals surface area (Å²) in [5.41, 5.74) is 2.77. The molecule has 0 saturated heterocycles. The summed E-state index contributed by atoms with van der Waals surface area (Å²) in [7, 11) is 0. The van der Waals surface area contributed by atoms with Gasteiger partial charge in [-0.15, -0.1) is 0 Å². The number of aryl methyl sites for hydroxylation is 1. The molecule has 0 radical (unpaired) electrons. The number of hydrogen-bond donors (Lipinski definition) is 2. The van der Waals surface area contributed by atoms with Gasteiger partial charge in [0.2, 0.25) is 0 Å². The highest BCUT2D eigenvalue weighted by Crippen LogP contribution is 2.07. The van der Waals surface area contributed by atoms with Crippen LogP contribution in [0, 0.1) is 12.8 Å². The van der Waals surface area contributed by atoms with Crippen LogP contribution in [0.2, 0.25) is 0 Å². The summed E-state index contributed by atoms with van der Waals surface area (Å²) < 4.78 is 0. The average Bonchev–Trinajstić information content (AvgIpc) is 2.31. The minimum atomic E-state index is 0.286. The second kappa shape index (κ2) is 7.42. The number of rotatable bonds is 7. The summed E-state index contributed by atoms with van der Waals surface area (Å²) in [6.45, 7) is 6.45. The van der Waals surface area contributed by atoms with E-state index in [-0.39, 0.29) is 6.61 Å². The average molecular weight is 221 g/mol. The molecule has 2 nitrogen and oxygen atoms in total. The van der Waals surface area contributed by atoms with Gasteiger partial charge in [0, 0.05) is 13.2 Å². The smallest absolute Gasteiger partial charge is 0.0471 e. The molecule has 1 unspecified atom stereocenters. The van der Waals surface area contributed by atoms with Gasteiger partial charge >= 0.3 is 0 Å². The molecule has 1 rings (SSSR count). The lowest BCUT2D eigenvalue weighted by Crippen LogP contribution is -2.26. The molecule has 2 N–H and O–H groups in total. The van der Waals surface area contributed by atoms with Crippen LogP contribution >= 0.6 is 0 Å². The Morgan fingerprint density at radius 2 is 2.06 bits per heavy atom. The predicted molar refractivity (Wildman–Crippen MR) is 68.6 cm³/mol. The molecule has 2 heteroatoms. The fourth-order valence-corrected chi connectivity index (χ4v) is 1.76. The molecule has 1 aromatic rings. The van der Waals surface area contributed by atoms with Gasteiger partial charge in [-0.1, -0.05) is 31.2 Å². The molecular formula is C14H23NO. The van der Waals surface area contributed by atoms with Crippen molar-refractivity contribution in [3.05, 3.63) is 35.4 Å². The summed E-state index contributed by atoms with van der Waals surface area (Å²) in [5, 5.41) is 12.4. The third kappa shape index (κ3) is 4.33. The summed E-state index contributed by atoms with van der Waals surface area (Å²) in [6, 6.07) is 8.49. The van der Waals surface area contributed by atoms with Crippen molar-refractivity contribution in [2.24, 2.45) is 5.92 Å². The minimum absolute atomic E-state index is 0.286. The second-order valence-electron chi connectivity index (χ2n) is 4.34. The Morgan fingerprint density at radius 3 is 2.69 bits per heavy atom. The SMILES string of the molecule is CCC(CO)CNCCc1ccccc1C. The lowest BCUT2D eigenvalue weighted by atomic mass is 10.1. The highest BCUT2D eigenvalue weighted by atomic mass is 16.3. The van der Waals surface area contributed by atoms with Gasteiger partial charge in [0.15, 0.2) is 0 Å². The molecule has 0 fully saturated rings. The zero-order valence-corrected chi connectivity index (χ0v) is 10.4. The van der Waals surface area contributed by atoms with Gasteiger partial charge in [0.05, 0.1) is 0 Å². The molecule has 0 aliphatic carbocycles. The van der Waals surface area contributed by atoms with E-state index in [1.54, 1.807) is 0 Å². The van der Waals surface area contributed by atoms with Crippen LogP contribution in [0.15, 0.2) is 24.3 Å². The molecule has 0 heterocycles. The lowest BCUT2D eigenvalue weighted by Gasteiger charge is -2.13. The number of hydrogen-bond acceptors (Lipinski definition) is 2. The molecule has 0 aliphatic heterocycles. The first kappa shape index (κ1) is 13.2. The van der Waals surface area contributed by atoms with E-state index >= 15 is 0 Å². The topological polar surface area (TPSA) is 32.3 Å². The van der Waals surface area contributed by atoms with Crippen molar-refractivity contribution in [1.29, 1.82) is 0 Å². The highest BCUT2D eigenvalue weighted by molar-refractivity contribution is 5.25. The Kier molecular flexibility index (Phi) is 6.12. The third-order valence-electron chi connectivity index (χ3n) is 3.10. The van der Waals surface area contributed by atoms with E-state index in [2.05, 4.69) is 43.4 Å². The molecule has 0 aliphatic rings. The molecule has 0 aromatic heterocycles. The summed E-state index contributed by atoms with van der Waals surface area (Å²) in [4.78, 5) is 0. The molecule has 16 heavy (non-hydrogen) atoms. The predicted octanol–water partition coefficient (Wildman–Crippen LogP) is 2.15. The van der Waals surface area contributed by atoms with Gasteiger partial charge in [0.1, 0.15) is 0 Å². The second-order valence-corrected chi connectivity index (χ2v) is 4.34. The lowest BCUT2D eigenvalue weighted by molar-refractivity contribution is 0.219. The van der Waals surface area contributed by atoms with Crippen LogP contribution in [0.1, 0.15) is 24.5 Å². The fourth-order valence-electron chi connectivity index (χ4n) is 1.76. The van der Waals surface area contributed by atoms with Crippen LogP contribution in [0.3, 0.4) is 0 Å². The Morgan fingerprint density at radius 1 is 1.31 bits per heavy atom. The van der Waals surface area contributed by atoms with Crippen molar-refractivity contribution in [3.63, 3.8) is 0 Å². The number of aliphatic hydroxyl groups is 1. The molecule has 0 bridgehead atoms. The maximum atomic E-state index is 9.05. The van der Waals surface area contributed by atoms with Crippen molar-refractivity contribution < 1.29 is 5.11 Å². The number of nitrogens with one attached hydrogen (secondary N) is 1. The van der Waals surface area contributed by atoms with E-state index in [1.165, 1.54) is 11.1 Å². The van der Waals surface area contributed by atoms with Crippen molar-refractivity contribution in [2.75, 3.05) is 19.7 Å². The largest absolute Gasteiger partial charge is 0.396 e. The van der Waals surface area contributed by atoms with E-state index in [4.69, 9.17) is 5.11 Å². The first-order valence-corrected chi connectivity index (χ1v) is 6.14. The van der Waals surface area contributed by atoms with E-state index in [0.717, 1.165) is 25.9 Å². The van der Waals surface area contributed by atoms with Crippen LogP contribution in [0.5, 0.6) is 0 Å². The maximum Gasteiger partial charge on any atom is 0.0471 e. The summed E-state index contributed by atoms with van der Waals surface area (Å²) in [5.74, 6) is 0.400. The van der Waals surface area contributed by atoms with E-state index in [9.17, 15) is 0 Å². The quantitative estimate of drug-likeness (QED) is 0.691. The van der Waals surface area contributed by atoms with Crippen LogP contribution in [-0.2, 0) is 6.42 Å². The Hall–Kier alpha value is -0.860. The molecule has 0 saturated carbocycles. The molecule has 0 amide bonds. The third-order valence-corrected chi connectivity index (χ3v) is 3.10. The molecule has 1 aromatic carbocycles. The van der Waals surface area contributed by atoms with Crippen molar-refractivity contribution in [1.82, 2.24) is 5.32 Å². The van der Waals surface area contributed by atoms with Crippen LogP contribution in [0.4, 0.5) is 0 Å². The highest BCUT2D eigenvalue weighted by Gasteiger charge is 2.03. The van der Waals surface area contributed by atoms with Gasteiger partial charge in [-0.05, 0) is 43.4 Å². The summed E-state index contributed by atoms with van der Waals surface area (Å²) in [6.07, 6.45) is 2.10. The van der Waals surface area contributed by atoms with Crippen LogP contribution in [0.25, 0.3) is 0 Å². The van der Waals surface area contributed by atoms with Gasteiger partial charge in [0.25, 0.3) is 0 Å².